The zero-order valence-electron chi connectivity index (χ0n) is 9.13. The van der Waals surface area contributed by atoms with E-state index in [1.54, 1.807) is 11.8 Å². The highest BCUT2D eigenvalue weighted by atomic mass is 35.5. The van der Waals surface area contributed by atoms with Gasteiger partial charge in [0.2, 0.25) is 0 Å². The average Bonchev–Trinajstić information content (AvgIpc) is 2.55. The van der Waals surface area contributed by atoms with Crippen LogP contribution in [0.1, 0.15) is 31.7 Å². The standard InChI is InChI=1S/C13H13ClOS/c1-13-7-3-6-10(15)12(13)16-11-8(13)4-2-5-9(11)14/h2,4-5,12H,3,6-7H2,1H3/t12-,13-/m1/s1. The molecule has 0 bridgehead atoms. The first kappa shape index (κ1) is 10.7. The Hall–Kier alpha value is -0.470. The van der Waals surface area contributed by atoms with E-state index in [1.165, 1.54) is 5.56 Å². The highest BCUT2D eigenvalue weighted by Gasteiger charge is 2.49. The van der Waals surface area contributed by atoms with Crippen LogP contribution >= 0.6 is 23.4 Å². The second-order valence-electron chi connectivity index (χ2n) is 4.85. The summed E-state index contributed by atoms with van der Waals surface area (Å²) < 4.78 is 0. The molecular formula is C13H13ClOS. The Morgan fingerprint density at radius 3 is 3.12 bits per heavy atom. The van der Waals surface area contributed by atoms with Gasteiger partial charge >= 0.3 is 0 Å². The van der Waals surface area contributed by atoms with Crippen LogP contribution in [0.15, 0.2) is 23.1 Å². The molecule has 0 radical (unpaired) electrons. The molecule has 16 heavy (non-hydrogen) atoms. The number of carbonyl (C=O) groups is 1. The lowest BCUT2D eigenvalue weighted by Crippen LogP contribution is -2.40. The van der Waals surface area contributed by atoms with E-state index in [9.17, 15) is 4.79 Å². The summed E-state index contributed by atoms with van der Waals surface area (Å²) in [7, 11) is 0. The quantitative estimate of drug-likeness (QED) is 0.698. The zero-order valence-corrected chi connectivity index (χ0v) is 10.7. The van der Waals surface area contributed by atoms with Gasteiger partial charge in [0.25, 0.3) is 0 Å². The number of halogens is 1. The third-order valence-corrected chi connectivity index (χ3v) is 5.93. The molecule has 0 saturated heterocycles. The van der Waals surface area contributed by atoms with Crippen LogP contribution in [0.5, 0.6) is 0 Å². The molecule has 1 aromatic rings. The number of rotatable bonds is 0. The van der Waals surface area contributed by atoms with Crippen LogP contribution in [0, 0.1) is 0 Å². The molecule has 0 N–H and O–H groups in total. The van der Waals surface area contributed by atoms with Gasteiger partial charge in [0.05, 0.1) is 10.3 Å². The van der Waals surface area contributed by atoms with Gasteiger partial charge in [0.1, 0.15) is 5.78 Å². The fraction of sp³-hybridized carbons (Fsp3) is 0.462. The van der Waals surface area contributed by atoms with Crippen LogP contribution in [0.25, 0.3) is 0 Å². The maximum Gasteiger partial charge on any atom is 0.147 e. The third kappa shape index (κ3) is 1.29. The molecule has 1 nitrogen and oxygen atoms in total. The van der Waals surface area contributed by atoms with Gasteiger partial charge in [-0.25, -0.2) is 0 Å². The van der Waals surface area contributed by atoms with Gasteiger partial charge in [0, 0.05) is 16.7 Å². The van der Waals surface area contributed by atoms with Gasteiger partial charge < -0.3 is 0 Å². The Labute approximate surface area is 105 Å². The van der Waals surface area contributed by atoms with Gasteiger partial charge in [-0.05, 0) is 24.5 Å². The van der Waals surface area contributed by atoms with Crippen LogP contribution in [0.4, 0.5) is 0 Å². The molecule has 0 spiro atoms. The van der Waals surface area contributed by atoms with Crippen molar-refractivity contribution in [2.75, 3.05) is 0 Å². The number of fused-ring (bicyclic) bond motifs is 3. The topological polar surface area (TPSA) is 17.1 Å². The third-order valence-electron chi connectivity index (χ3n) is 3.81. The number of hydrogen-bond donors (Lipinski definition) is 0. The molecule has 2 aliphatic rings. The molecule has 0 amide bonds. The van der Waals surface area contributed by atoms with Crippen molar-refractivity contribution in [3.8, 4) is 0 Å². The predicted molar refractivity (Wildman–Crippen MR) is 67.3 cm³/mol. The molecule has 3 rings (SSSR count). The van der Waals surface area contributed by atoms with E-state index in [4.69, 9.17) is 11.6 Å². The fourth-order valence-corrected chi connectivity index (χ4v) is 4.82. The van der Waals surface area contributed by atoms with E-state index in [0.29, 0.717) is 5.78 Å². The Kier molecular flexibility index (Phi) is 2.34. The molecule has 1 fully saturated rings. The molecular weight excluding hydrogens is 240 g/mol. The van der Waals surface area contributed by atoms with Gasteiger partial charge in [-0.1, -0.05) is 30.7 Å². The van der Waals surface area contributed by atoms with Crippen molar-refractivity contribution in [2.45, 2.75) is 41.7 Å². The van der Waals surface area contributed by atoms with E-state index < -0.39 is 0 Å². The van der Waals surface area contributed by atoms with E-state index in [-0.39, 0.29) is 10.7 Å². The van der Waals surface area contributed by atoms with Crippen molar-refractivity contribution in [2.24, 2.45) is 0 Å². The first-order valence-electron chi connectivity index (χ1n) is 5.61. The van der Waals surface area contributed by atoms with E-state index in [1.807, 2.05) is 12.1 Å². The summed E-state index contributed by atoms with van der Waals surface area (Å²) in [4.78, 5) is 13.1. The smallest absolute Gasteiger partial charge is 0.147 e. The molecule has 3 heteroatoms. The number of benzene rings is 1. The Bertz CT molecular complexity index is 471. The second-order valence-corrected chi connectivity index (χ2v) is 6.37. The minimum absolute atomic E-state index is 0.0141. The SMILES string of the molecule is C[C@]12CCCC(=O)[C@H]1Sc1c(Cl)cccc12. The fourth-order valence-electron chi connectivity index (χ4n) is 2.92. The lowest BCUT2D eigenvalue weighted by molar-refractivity contribution is -0.121. The van der Waals surface area contributed by atoms with E-state index >= 15 is 0 Å². The molecule has 0 unspecified atom stereocenters. The summed E-state index contributed by atoms with van der Waals surface area (Å²) in [5.41, 5.74) is 1.29. The largest absolute Gasteiger partial charge is 0.298 e. The molecule has 1 aromatic carbocycles. The number of ketones is 1. The second kappa shape index (κ2) is 3.51. The number of hydrogen-bond acceptors (Lipinski definition) is 2. The lowest BCUT2D eigenvalue weighted by atomic mass is 9.70. The van der Waals surface area contributed by atoms with Crippen LogP contribution in [0.3, 0.4) is 0 Å². The minimum Gasteiger partial charge on any atom is -0.298 e. The zero-order chi connectivity index (χ0) is 11.3. The first-order valence-corrected chi connectivity index (χ1v) is 6.87. The van der Waals surface area contributed by atoms with Crippen molar-refractivity contribution in [1.82, 2.24) is 0 Å². The molecule has 0 aromatic heterocycles. The van der Waals surface area contributed by atoms with Crippen LogP contribution < -0.4 is 0 Å². The molecule has 1 aliphatic heterocycles. The van der Waals surface area contributed by atoms with Gasteiger partial charge in [-0.3, -0.25) is 4.79 Å². The molecule has 1 heterocycles. The van der Waals surface area contributed by atoms with Crippen molar-refractivity contribution in [3.63, 3.8) is 0 Å². The monoisotopic (exact) mass is 252 g/mol. The number of Topliss-reactive ketones (excluding diaryl/α,β-unsaturated/α-hetero) is 1. The number of carbonyl (C=O) groups excluding carboxylic acids is 1. The van der Waals surface area contributed by atoms with Crippen molar-refractivity contribution in [3.05, 3.63) is 28.8 Å². The molecule has 2 atom stereocenters. The predicted octanol–water partition coefficient (Wildman–Crippen LogP) is 3.83. The maximum atomic E-state index is 12.0. The summed E-state index contributed by atoms with van der Waals surface area (Å²) in [5.74, 6) is 0.394. The highest BCUT2D eigenvalue weighted by molar-refractivity contribution is 8.01. The molecule has 1 aliphatic carbocycles. The van der Waals surface area contributed by atoms with E-state index in [0.717, 1.165) is 29.2 Å². The normalized spacial score (nSPS) is 32.4. The van der Waals surface area contributed by atoms with E-state index in [2.05, 4.69) is 13.0 Å². The van der Waals surface area contributed by atoms with Crippen molar-refractivity contribution in [1.29, 1.82) is 0 Å². The Balaban J connectivity index is 2.17. The van der Waals surface area contributed by atoms with Gasteiger partial charge in [-0.15, -0.1) is 11.8 Å². The van der Waals surface area contributed by atoms with Crippen LogP contribution in [0.2, 0.25) is 5.02 Å². The maximum absolute atomic E-state index is 12.0. The summed E-state index contributed by atoms with van der Waals surface area (Å²) in [6.45, 7) is 2.21. The minimum atomic E-state index is 0.0141. The summed E-state index contributed by atoms with van der Waals surface area (Å²) in [6.07, 6.45) is 2.85. The van der Waals surface area contributed by atoms with Crippen LogP contribution in [-0.2, 0) is 10.2 Å². The number of thioether (sulfide) groups is 1. The Morgan fingerprint density at radius 2 is 2.31 bits per heavy atom. The van der Waals surface area contributed by atoms with Gasteiger partial charge in [-0.2, -0.15) is 0 Å². The van der Waals surface area contributed by atoms with Crippen molar-refractivity contribution >= 4 is 29.1 Å². The summed E-state index contributed by atoms with van der Waals surface area (Å²) in [6, 6.07) is 6.04. The average molecular weight is 253 g/mol. The van der Waals surface area contributed by atoms with Crippen molar-refractivity contribution < 1.29 is 4.79 Å². The van der Waals surface area contributed by atoms with Gasteiger partial charge in [0.15, 0.2) is 0 Å². The Morgan fingerprint density at radius 1 is 1.50 bits per heavy atom. The molecule has 1 saturated carbocycles. The summed E-state index contributed by atoms with van der Waals surface area (Å²) in [5, 5.41) is 0.891. The molecule has 84 valence electrons. The van der Waals surface area contributed by atoms with Crippen LogP contribution in [-0.4, -0.2) is 11.0 Å². The highest BCUT2D eigenvalue weighted by Crippen LogP contribution is 2.56. The first-order chi connectivity index (χ1) is 7.63. The summed E-state index contributed by atoms with van der Waals surface area (Å²) >= 11 is 7.88. The lowest BCUT2D eigenvalue weighted by Gasteiger charge is -2.34.